The summed E-state index contributed by atoms with van der Waals surface area (Å²) >= 11 is 12.0. The fourth-order valence-electron chi connectivity index (χ4n) is 2.36. The number of carbonyl (C=O) groups is 2. The van der Waals surface area contributed by atoms with Crippen LogP contribution in [0.15, 0.2) is 42.0 Å². The Kier molecular flexibility index (Phi) is 10.7. The molecule has 0 fully saturated rings. The number of rotatable bonds is 10. The smallest absolute Gasteiger partial charge is 0.330 e. The van der Waals surface area contributed by atoms with Crippen molar-refractivity contribution in [3.63, 3.8) is 0 Å². The number of carbonyl (C=O) groups excluding carboxylic acids is 2. The molecule has 1 atom stereocenters. The molecule has 0 spiro atoms. The second-order valence-corrected chi connectivity index (χ2v) is 7.46. The van der Waals surface area contributed by atoms with E-state index in [0.717, 1.165) is 24.8 Å². The molecule has 0 aliphatic carbocycles. The average molecular weight is 428 g/mol. The number of esters is 1. The van der Waals surface area contributed by atoms with Crippen molar-refractivity contribution in [3.05, 3.63) is 52.0 Å². The Balaban J connectivity index is 2.54. The van der Waals surface area contributed by atoms with Gasteiger partial charge in [0, 0.05) is 18.0 Å². The third-order valence-electron chi connectivity index (χ3n) is 3.99. The largest absolute Gasteiger partial charge is 0.466 e. The van der Waals surface area contributed by atoms with Crippen LogP contribution in [0.2, 0.25) is 10.0 Å². The zero-order valence-electron chi connectivity index (χ0n) is 16.7. The van der Waals surface area contributed by atoms with Crippen LogP contribution < -0.4 is 4.84 Å². The molecule has 0 aliphatic rings. The summed E-state index contributed by atoms with van der Waals surface area (Å²) in [4.78, 5) is 28.6. The monoisotopic (exact) mass is 427 g/mol. The van der Waals surface area contributed by atoms with Gasteiger partial charge in [-0.25, -0.2) is 4.79 Å². The Morgan fingerprint density at radius 2 is 1.96 bits per heavy atom. The predicted molar refractivity (Wildman–Crippen MR) is 112 cm³/mol. The fourth-order valence-corrected chi connectivity index (χ4v) is 2.81. The molecule has 28 heavy (non-hydrogen) atoms. The standard InChI is InChI=1S/C21H27Cl2NO4/c1-15(8-6-10-21(26)27-4)7-5-9-16(2)14-24(17(3)25)28-20-12-11-18(22)13-19(20)23/h6,9-13,15H,5,7-8,14H2,1-4H3/b10-6+,16-9+. The van der Waals surface area contributed by atoms with E-state index in [1.54, 1.807) is 18.2 Å². The van der Waals surface area contributed by atoms with Crippen LogP contribution in [0.3, 0.4) is 0 Å². The van der Waals surface area contributed by atoms with E-state index in [1.165, 1.54) is 25.2 Å². The van der Waals surface area contributed by atoms with E-state index >= 15 is 0 Å². The second kappa shape index (κ2) is 12.5. The highest BCUT2D eigenvalue weighted by Crippen LogP contribution is 2.28. The Morgan fingerprint density at radius 1 is 1.25 bits per heavy atom. The summed E-state index contributed by atoms with van der Waals surface area (Å²) in [6, 6.07) is 4.85. The molecule has 1 aromatic rings. The van der Waals surface area contributed by atoms with Crippen LogP contribution in [0.4, 0.5) is 0 Å². The van der Waals surface area contributed by atoms with Gasteiger partial charge >= 0.3 is 5.97 Å². The Morgan fingerprint density at radius 3 is 2.57 bits per heavy atom. The van der Waals surface area contributed by atoms with Gasteiger partial charge in [0.15, 0.2) is 5.75 Å². The summed E-state index contributed by atoms with van der Waals surface area (Å²) < 4.78 is 4.56. The van der Waals surface area contributed by atoms with Gasteiger partial charge in [-0.05, 0) is 50.3 Å². The van der Waals surface area contributed by atoms with Crippen LogP contribution in [0.25, 0.3) is 0 Å². The summed E-state index contributed by atoms with van der Waals surface area (Å²) in [5, 5.41) is 2.11. The van der Waals surface area contributed by atoms with Crippen LogP contribution in [0.5, 0.6) is 5.75 Å². The molecule has 1 unspecified atom stereocenters. The molecule has 0 aromatic heterocycles. The van der Waals surface area contributed by atoms with E-state index in [0.29, 0.717) is 28.3 Å². The van der Waals surface area contributed by atoms with E-state index < -0.39 is 0 Å². The topological polar surface area (TPSA) is 55.8 Å². The Hall–Kier alpha value is -1.98. The number of halogens is 2. The number of hydrogen-bond donors (Lipinski definition) is 0. The van der Waals surface area contributed by atoms with E-state index in [-0.39, 0.29) is 11.9 Å². The van der Waals surface area contributed by atoms with Crippen molar-refractivity contribution in [2.75, 3.05) is 13.7 Å². The molecule has 154 valence electrons. The van der Waals surface area contributed by atoms with E-state index in [2.05, 4.69) is 17.7 Å². The Labute approximate surface area is 176 Å². The lowest BCUT2D eigenvalue weighted by molar-refractivity contribution is -0.153. The highest BCUT2D eigenvalue weighted by molar-refractivity contribution is 6.35. The molecule has 0 saturated carbocycles. The maximum absolute atomic E-state index is 11.9. The van der Waals surface area contributed by atoms with E-state index in [1.807, 2.05) is 13.0 Å². The Bertz CT molecular complexity index is 731. The van der Waals surface area contributed by atoms with Crippen molar-refractivity contribution in [2.45, 2.75) is 40.0 Å². The molecule has 0 saturated heterocycles. The number of hydroxylamine groups is 2. The first kappa shape index (κ1) is 24.1. The molecule has 1 amide bonds. The summed E-state index contributed by atoms with van der Waals surface area (Å²) in [6.45, 7) is 5.85. The molecule has 0 radical (unpaired) electrons. The molecule has 1 rings (SSSR count). The van der Waals surface area contributed by atoms with Crippen molar-refractivity contribution in [1.29, 1.82) is 0 Å². The van der Waals surface area contributed by atoms with Gasteiger partial charge in [-0.1, -0.05) is 47.9 Å². The molecule has 0 bridgehead atoms. The number of ether oxygens (including phenoxy) is 1. The third kappa shape index (κ3) is 9.29. The predicted octanol–water partition coefficient (Wildman–Crippen LogP) is 5.62. The van der Waals surface area contributed by atoms with Gasteiger partial charge in [0.2, 0.25) is 0 Å². The highest BCUT2D eigenvalue weighted by Gasteiger charge is 2.14. The summed E-state index contributed by atoms with van der Waals surface area (Å²) in [5.41, 5.74) is 1.01. The third-order valence-corrected chi connectivity index (χ3v) is 4.52. The van der Waals surface area contributed by atoms with Gasteiger partial charge in [0.25, 0.3) is 5.91 Å². The lowest BCUT2D eigenvalue weighted by atomic mass is 10.0. The molecular weight excluding hydrogens is 401 g/mol. The molecular formula is C21H27Cl2NO4. The van der Waals surface area contributed by atoms with Crippen molar-refractivity contribution in [3.8, 4) is 5.75 Å². The molecule has 0 aliphatic heterocycles. The van der Waals surface area contributed by atoms with Crippen LogP contribution >= 0.6 is 23.2 Å². The molecule has 1 aromatic carbocycles. The quantitative estimate of drug-likeness (QED) is 0.210. The molecule has 7 heteroatoms. The van der Waals surface area contributed by atoms with Crippen molar-refractivity contribution < 1.29 is 19.2 Å². The first-order valence-electron chi connectivity index (χ1n) is 9.04. The maximum Gasteiger partial charge on any atom is 0.330 e. The summed E-state index contributed by atoms with van der Waals surface area (Å²) in [5.74, 6) is 0.242. The lowest BCUT2D eigenvalue weighted by Crippen LogP contribution is -2.33. The molecule has 5 nitrogen and oxygen atoms in total. The minimum atomic E-state index is -0.340. The van der Waals surface area contributed by atoms with Crippen LogP contribution in [0, 0.1) is 5.92 Å². The number of benzene rings is 1. The second-order valence-electron chi connectivity index (χ2n) is 6.62. The van der Waals surface area contributed by atoms with Gasteiger partial charge in [-0.15, -0.1) is 0 Å². The van der Waals surface area contributed by atoms with Gasteiger partial charge < -0.3 is 9.57 Å². The first-order chi connectivity index (χ1) is 13.2. The van der Waals surface area contributed by atoms with Gasteiger partial charge in [0.05, 0.1) is 18.7 Å². The zero-order valence-corrected chi connectivity index (χ0v) is 18.2. The summed E-state index contributed by atoms with van der Waals surface area (Å²) in [6.07, 6.45) is 8.00. The van der Waals surface area contributed by atoms with E-state index in [9.17, 15) is 9.59 Å². The number of hydrogen-bond acceptors (Lipinski definition) is 4. The number of nitrogens with zero attached hydrogens (tertiary/aromatic N) is 1. The minimum absolute atomic E-state index is 0.222. The number of methoxy groups -OCH3 is 1. The van der Waals surface area contributed by atoms with E-state index in [4.69, 9.17) is 28.0 Å². The van der Waals surface area contributed by atoms with Crippen LogP contribution in [0.1, 0.15) is 40.0 Å². The summed E-state index contributed by atoms with van der Waals surface area (Å²) in [7, 11) is 1.36. The average Bonchev–Trinajstić information content (AvgIpc) is 2.62. The van der Waals surface area contributed by atoms with Gasteiger partial charge in [-0.2, -0.15) is 5.06 Å². The number of allylic oxidation sites excluding steroid dienone is 2. The first-order valence-corrected chi connectivity index (χ1v) is 9.79. The number of amides is 1. The normalized spacial score (nSPS) is 12.7. The zero-order chi connectivity index (χ0) is 21.1. The molecule has 0 N–H and O–H groups in total. The SMILES string of the molecule is COC(=O)/C=C/CC(C)CC/C=C(\C)CN(Oc1ccc(Cl)cc1Cl)C(C)=O. The van der Waals surface area contributed by atoms with Crippen molar-refractivity contribution >= 4 is 35.1 Å². The molecule has 0 heterocycles. The minimum Gasteiger partial charge on any atom is -0.466 e. The fraction of sp³-hybridized carbons (Fsp3) is 0.429. The van der Waals surface area contributed by atoms with Gasteiger partial charge in [0.1, 0.15) is 0 Å². The lowest BCUT2D eigenvalue weighted by Gasteiger charge is -2.22. The van der Waals surface area contributed by atoms with Crippen molar-refractivity contribution in [2.24, 2.45) is 5.92 Å². The van der Waals surface area contributed by atoms with Crippen LogP contribution in [-0.2, 0) is 14.3 Å². The maximum atomic E-state index is 11.9. The van der Waals surface area contributed by atoms with Gasteiger partial charge in [-0.3, -0.25) is 4.79 Å². The van der Waals surface area contributed by atoms with Crippen LogP contribution in [-0.4, -0.2) is 30.6 Å². The van der Waals surface area contributed by atoms with Crippen molar-refractivity contribution in [1.82, 2.24) is 5.06 Å². The highest BCUT2D eigenvalue weighted by atomic mass is 35.5.